The van der Waals surface area contributed by atoms with Crippen LogP contribution in [0.15, 0.2) is 0 Å². The van der Waals surface area contributed by atoms with Gasteiger partial charge in [0.2, 0.25) is 0 Å². The molecule has 1 saturated heterocycles. The zero-order valence-electron chi connectivity index (χ0n) is 6.73. The van der Waals surface area contributed by atoms with Crippen molar-refractivity contribution in [2.24, 2.45) is 5.92 Å². The summed E-state index contributed by atoms with van der Waals surface area (Å²) in [6.07, 6.45) is -0.272. The first-order valence-corrected chi connectivity index (χ1v) is 4.20. The van der Waals surface area contributed by atoms with Crippen molar-refractivity contribution in [3.63, 3.8) is 0 Å². The van der Waals surface area contributed by atoms with Gasteiger partial charge in [-0.2, -0.15) is 0 Å². The summed E-state index contributed by atoms with van der Waals surface area (Å²) >= 11 is 0. The van der Waals surface area contributed by atoms with Crippen molar-refractivity contribution < 1.29 is 19.4 Å². The monoisotopic (exact) mass is 172 g/mol. The molecule has 1 aliphatic carbocycles. The lowest BCUT2D eigenvalue weighted by Crippen LogP contribution is -2.27. The Bertz CT molecular complexity index is 185. The van der Waals surface area contributed by atoms with Crippen LogP contribution in [0, 0.1) is 5.92 Å². The van der Waals surface area contributed by atoms with Crippen LogP contribution in [0.25, 0.3) is 0 Å². The third-order valence-corrected chi connectivity index (χ3v) is 2.39. The second-order valence-electron chi connectivity index (χ2n) is 3.29. The number of Topliss-reactive ketones (excluding diaryl/α,β-unsaturated/α-hetero) is 1. The van der Waals surface area contributed by atoms with E-state index >= 15 is 0 Å². The van der Waals surface area contributed by atoms with Crippen LogP contribution in [0.3, 0.4) is 0 Å². The first-order chi connectivity index (χ1) is 5.77. The third-order valence-electron chi connectivity index (χ3n) is 2.39. The molecular weight excluding hydrogens is 160 g/mol. The van der Waals surface area contributed by atoms with Gasteiger partial charge in [0, 0.05) is 18.8 Å². The number of aliphatic hydroxyl groups is 1. The van der Waals surface area contributed by atoms with Gasteiger partial charge >= 0.3 is 0 Å². The zero-order valence-corrected chi connectivity index (χ0v) is 6.73. The van der Waals surface area contributed by atoms with E-state index in [1.54, 1.807) is 0 Å². The number of aliphatic hydroxyl groups excluding tert-OH is 1. The molecule has 2 atom stereocenters. The average Bonchev–Trinajstić information content (AvgIpc) is 2.58. The Morgan fingerprint density at radius 1 is 1.25 bits per heavy atom. The fourth-order valence-corrected chi connectivity index (χ4v) is 1.77. The molecule has 0 aromatic rings. The average molecular weight is 172 g/mol. The molecule has 1 saturated carbocycles. The fourth-order valence-electron chi connectivity index (χ4n) is 1.77. The highest BCUT2D eigenvalue weighted by molar-refractivity contribution is 5.81. The van der Waals surface area contributed by atoms with E-state index in [-0.39, 0.29) is 24.4 Å². The maximum atomic E-state index is 10.9. The Balaban J connectivity index is 1.98. The number of carbonyl (C=O) groups is 1. The lowest BCUT2D eigenvalue weighted by atomic mass is 10.1. The Hall–Kier alpha value is -0.450. The molecule has 4 nitrogen and oxygen atoms in total. The van der Waals surface area contributed by atoms with E-state index in [4.69, 9.17) is 9.47 Å². The molecular formula is C8H12O4. The van der Waals surface area contributed by atoms with E-state index in [0.29, 0.717) is 19.6 Å². The van der Waals surface area contributed by atoms with Gasteiger partial charge in [-0.15, -0.1) is 0 Å². The van der Waals surface area contributed by atoms with E-state index in [9.17, 15) is 9.90 Å². The minimum Gasteiger partial charge on any atom is -0.392 e. The number of rotatable bonds is 1. The summed E-state index contributed by atoms with van der Waals surface area (Å²) < 4.78 is 10.4. The maximum Gasteiger partial charge on any atom is 0.163 e. The van der Waals surface area contributed by atoms with Gasteiger partial charge in [0.25, 0.3) is 0 Å². The molecule has 68 valence electrons. The van der Waals surface area contributed by atoms with Gasteiger partial charge in [-0.05, 0) is 0 Å². The summed E-state index contributed by atoms with van der Waals surface area (Å²) in [5.74, 6) is -0.0356. The molecule has 1 N–H and O–H groups in total. The van der Waals surface area contributed by atoms with Crippen LogP contribution in [0.4, 0.5) is 0 Å². The van der Waals surface area contributed by atoms with Gasteiger partial charge in [0.15, 0.2) is 6.29 Å². The molecule has 2 unspecified atom stereocenters. The highest BCUT2D eigenvalue weighted by Crippen LogP contribution is 2.29. The highest BCUT2D eigenvalue weighted by atomic mass is 16.7. The molecule has 2 fully saturated rings. The lowest BCUT2D eigenvalue weighted by molar-refractivity contribution is -0.120. The lowest BCUT2D eigenvalue weighted by Gasteiger charge is -2.18. The van der Waals surface area contributed by atoms with Crippen molar-refractivity contribution in [1.29, 1.82) is 0 Å². The molecule has 12 heavy (non-hydrogen) atoms. The van der Waals surface area contributed by atoms with Crippen LogP contribution in [0.2, 0.25) is 0 Å². The van der Waals surface area contributed by atoms with E-state index in [2.05, 4.69) is 0 Å². The molecule has 0 aromatic heterocycles. The van der Waals surface area contributed by atoms with E-state index in [1.807, 2.05) is 0 Å². The van der Waals surface area contributed by atoms with E-state index in [1.165, 1.54) is 0 Å². The fraction of sp³-hybridized carbons (Fsp3) is 0.875. The van der Waals surface area contributed by atoms with Crippen LogP contribution < -0.4 is 0 Å². The van der Waals surface area contributed by atoms with Gasteiger partial charge in [-0.3, -0.25) is 4.79 Å². The van der Waals surface area contributed by atoms with Gasteiger partial charge in [0.1, 0.15) is 5.78 Å². The number of carbonyl (C=O) groups excluding carboxylic acids is 1. The van der Waals surface area contributed by atoms with Crippen LogP contribution in [0.5, 0.6) is 0 Å². The standard InChI is InChI=1S/C8H12O4/c9-5-3-6(7(10)4-5)8-11-1-2-12-8/h6-8,10H,1-4H2. The van der Waals surface area contributed by atoms with Gasteiger partial charge < -0.3 is 14.6 Å². The summed E-state index contributed by atoms with van der Waals surface area (Å²) in [6.45, 7) is 1.14. The summed E-state index contributed by atoms with van der Waals surface area (Å²) in [7, 11) is 0. The SMILES string of the molecule is O=C1CC(O)C(C2OCCO2)C1. The first-order valence-electron chi connectivity index (χ1n) is 4.20. The Morgan fingerprint density at radius 3 is 2.42 bits per heavy atom. The topological polar surface area (TPSA) is 55.8 Å². The maximum absolute atomic E-state index is 10.9. The molecule has 0 radical (unpaired) electrons. The van der Waals surface area contributed by atoms with Crippen molar-refractivity contribution in [3.8, 4) is 0 Å². The van der Waals surface area contributed by atoms with Crippen LogP contribution in [-0.2, 0) is 14.3 Å². The Labute approximate surface area is 70.5 Å². The molecule has 0 bridgehead atoms. The van der Waals surface area contributed by atoms with Crippen molar-refractivity contribution in [2.45, 2.75) is 25.2 Å². The van der Waals surface area contributed by atoms with Gasteiger partial charge in [-0.1, -0.05) is 0 Å². The molecule has 1 aliphatic heterocycles. The highest BCUT2D eigenvalue weighted by Gasteiger charge is 2.39. The van der Waals surface area contributed by atoms with Crippen LogP contribution >= 0.6 is 0 Å². The van der Waals surface area contributed by atoms with Crippen molar-refractivity contribution in [2.75, 3.05) is 13.2 Å². The second kappa shape index (κ2) is 3.12. The van der Waals surface area contributed by atoms with Crippen molar-refractivity contribution in [3.05, 3.63) is 0 Å². The summed E-state index contributed by atoms with van der Waals surface area (Å²) in [4.78, 5) is 10.9. The molecule has 0 aromatic carbocycles. The first kappa shape index (κ1) is 8.16. The molecule has 2 aliphatic rings. The minimum atomic E-state index is -0.569. The smallest absolute Gasteiger partial charge is 0.163 e. The zero-order chi connectivity index (χ0) is 8.55. The van der Waals surface area contributed by atoms with Gasteiger partial charge in [0.05, 0.1) is 19.3 Å². The molecule has 4 heteroatoms. The summed E-state index contributed by atoms with van der Waals surface area (Å²) in [5, 5.41) is 9.44. The Morgan fingerprint density at radius 2 is 1.92 bits per heavy atom. The molecule has 2 rings (SSSR count). The Kier molecular flexibility index (Phi) is 2.12. The van der Waals surface area contributed by atoms with Gasteiger partial charge in [-0.25, -0.2) is 0 Å². The predicted octanol–water partition coefficient (Wildman–Crippen LogP) is -0.301. The second-order valence-corrected chi connectivity index (χ2v) is 3.29. The number of ether oxygens (including phenoxy) is 2. The quantitative estimate of drug-likeness (QED) is 0.590. The molecule has 1 heterocycles. The largest absolute Gasteiger partial charge is 0.392 e. The number of hydrogen-bond donors (Lipinski definition) is 1. The number of ketones is 1. The summed E-state index contributed by atoms with van der Waals surface area (Å²) in [5.41, 5.74) is 0. The third kappa shape index (κ3) is 1.37. The molecule has 0 amide bonds. The summed E-state index contributed by atoms with van der Waals surface area (Å²) in [6, 6.07) is 0. The van der Waals surface area contributed by atoms with Crippen LogP contribution in [0.1, 0.15) is 12.8 Å². The normalized spacial score (nSPS) is 37.9. The minimum absolute atomic E-state index is 0.103. The van der Waals surface area contributed by atoms with Crippen molar-refractivity contribution >= 4 is 5.78 Å². The number of hydrogen-bond acceptors (Lipinski definition) is 4. The predicted molar refractivity (Wildman–Crippen MR) is 39.4 cm³/mol. The molecule has 0 spiro atoms. The van der Waals surface area contributed by atoms with E-state index in [0.717, 1.165) is 0 Å². The van der Waals surface area contributed by atoms with Crippen molar-refractivity contribution in [1.82, 2.24) is 0 Å². The van der Waals surface area contributed by atoms with Crippen LogP contribution in [-0.4, -0.2) is 36.5 Å². The van der Waals surface area contributed by atoms with E-state index < -0.39 is 6.10 Å².